The van der Waals surface area contributed by atoms with Crippen LogP contribution in [-0.2, 0) is 0 Å². The summed E-state index contributed by atoms with van der Waals surface area (Å²) in [6.07, 6.45) is 0. The Labute approximate surface area is 122 Å². The molecule has 4 heteroatoms. The Bertz CT molecular complexity index is 834. The molecule has 0 fully saturated rings. The van der Waals surface area contributed by atoms with E-state index in [2.05, 4.69) is 5.32 Å². The van der Waals surface area contributed by atoms with Crippen LogP contribution < -0.4 is 11.1 Å². The molecular formula is C17H16N2O2. The van der Waals surface area contributed by atoms with E-state index in [1.807, 2.05) is 44.2 Å². The summed E-state index contributed by atoms with van der Waals surface area (Å²) < 4.78 is 5.59. The number of nitrogens with one attached hydrogen (secondary N) is 1. The van der Waals surface area contributed by atoms with Gasteiger partial charge in [-0.3, -0.25) is 4.79 Å². The number of nitrogens with two attached hydrogens (primary N) is 1. The van der Waals surface area contributed by atoms with Gasteiger partial charge in [0.15, 0.2) is 5.76 Å². The standard InChI is InChI=1S/C17H16N2O2/c1-10-4-6-14(13(18)7-10)19-17(20)16-9-12-5-3-11(2)8-15(12)21-16/h3-9H,18H2,1-2H3,(H,19,20). The number of carbonyl (C=O) groups is 1. The third-order valence-electron chi connectivity index (χ3n) is 3.35. The topological polar surface area (TPSA) is 68.3 Å². The van der Waals surface area contributed by atoms with E-state index in [0.29, 0.717) is 17.0 Å². The van der Waals surface area contributed by atoms with E-state index >= 15 is 0 Å². The van der Waals surface area contributed by atoms with Crippen LogP contribution in [0.5, 0.6) is 0 Å². The molecule has 1 aromatic heterocycles. The summed E-state index contributed by atoms with van der Waals surface area (Å²) in [5, 5.41) is 3.68. The Morgan fingerprint density at radius 3 is 2.52 bits per heavy atom. The zero-order valence-electron chi connectivity index (χ0n) is 11.9. The molecule has 2 aromatic carbocycles. The van der Waals surface area contributed by atoms with Crippen molar-refractivity contribution in [2.45, 2.75) is 13.8 Å². The highest BCUT2D eigenvalue weighted by Crippen LogP contribution is 2.23. The Balaban J connectivity index is 1.89. The average molecular weight is 280 g/mol. The lowest BCUT2D eigenvalue weighted by molar-refractivity contribution is 0.0999. The molecule has 106 valence electrons. The summed E-state index contributed by atoms with van der Waals surface area (Å²) in [7, 11) is 0. The molecule has 4 nitrogen and oxygen atoms in total. The minimum absolute atomic E-state index is 0.274. The van der Waals surface area contributed by atoms with Crippen LogP contribution in [0.4, 0.5) is 11.4 Å². The first-order valence-corrected chi connectivity index (χ1v) is 6.70. The first-order valence-electron chi connectivity index (χ1n) is 6.70. The molecule has 0 spiro atoms. The highest BCUT2D eigenvalue weighted by atomic mass is 16.3. The van der Waals surface area contributed by atoms with Crippen molar-refractivity contribution in [3.63, 3.8) is 0 Å². The normalized spacial score (nSPS) is 10.8. The fraction of sp³-hybridized carbons (Fsp3) is 0.118. The van der Waals surface area contributed by atoms with Gasteiger partial charge in [0.1, 0.15) is 5.58 Å². The molecule has 0 unspecified atom stereocenters. The van der Waals surface area contributed by atoms with Gasteiger partial charge in [0.2, 0.25) is 0 Å². The number of furan rings is 1. The van der Waals surface area contributed by atoms with Crippen molar-refractivity contribution >= 4 is 28.3 Å². The molecule has 0 saturated heterocycles. The molecule has 3 rings (SSSR count). The van der Waals surface area contributed by atoms with Gasteiger partial charge in [-0.2, -0.15) is 0 Å². The van der Waals surface area contributed by atoms with Crippen LogP contribution in [0.2, 0.25) is 0 Å². The molecule has 0 aliphatic rings. The maximum Gasteiger partial charge on any atom is 0.291 e. The van der Waals surface area contributed by atoms with Crippen LogP contribution in [0, 0.1) is 13.8 Å². The number of anilines is 2. The van der Waals surface area contributed by atoms with Crippen molar-refractivity contribution in [1.82, 2.24) is 0 Å². The Hall–Kier alpha value is -2.75. The lowest BCUT2D eigenvalue weighted by Gasteiger charge is -2.07. The molecule has 0 bridgehead atoms. The number of amides is 1. The Morgan fingerprint density at radius 2 is 1.76 bits per heavy atom. The fourth-order valence-electron chi connectivity index (χ4n) is 2.23. The molecule has 0 saturated carbocycles. The van der Waals surface area contributed by atoms with Gasteiger partial charge in [-0.1, -0.05) is 18.2 Å². The number of fused-ring (bicyclic) bond motifs is 1. The smallest absolute Gasteiger partial charge is 0.291 e. The van der Waals surface area contributed by atoms with Crippen molar-refractivity contribution in [2.24, 2.45) is 0 Å². The first kappa shape index (κ1) is 13.2. The average Bonchev–Trinajstić information content (AvgIpc) is 2.85. The van der Waals surface area contributed by atoms with Crippen molar-refractivity contribution in [1.29, 1.82) is 0 Å². The molecule has 0 aliphatic carbocycles. The highest BCUT2D eigenvalue weighted by molar-refractivity contribution is 6.06. The summed E-state index contributed by atoms with van der Waals surface area (Å²) in [4.78, 5) is 12.2. The maximum atomic E-state index is 12.2. The Morgan fingerprint density at radius 1 is 1.05 bits per heavy atom. The minimum Gasteiger partial charge on any atom is -0.451 e. The second-order valence-electron chi connectivity index (χ2n) is 5.20. The van der Waals surface area contributed by atoms with Gasteiger partial charge in [-0.05, 0) is 49.2 Å². The number of nitrogen functional groups attached to an aromatic ring is 1. The number of rotatable bonds is 2. The lowest BCUT2D eigenvalue weighted by atomic mass is 10.2. The summed E-state index contributed by atoms with van der Waals surface area (Å²) >= 11 is 0. The van der Waals surface area contributed by atoms with E-state index in [9.17, 15) is 4.79 Å². The summed E-state index contributed by atoms with van der Waals surface area (Å²) in [5.74, 6) is -0.0324. The third kappa shape index (κ3) is 2.60. The number of aryl methyl sites for hydroxylation is 2. The summed E-state index contributed by atoms with van der Waals surface area (Å²) in [5.41, 5.74) is 9.86. The second kappa shape index (κ2) is 4.98. The fourth-order valence-corrected chi connectivity index (χ4v) is 2.23. The van der Waals surface area contributed by atoms with Crippen LogP contribution >= 0.6 is 0 Å². The predicted octanol–water partition coefficient (Wildman–Crippen LogP) is 3.88. The van der Waals surface area contributed by atoms with Gasteiger partial charge in [0.05, 0.1) is 11.4 Å². The number of hydrogen-bond donors (Lipinski definition) is 2. The SMILES string of the molecule is Cc1ccc(NC(=O)c2cc3ccc(C)cc3o2)c(N)c1. The maximum absolute atomic E-state index is 12.2. The molecule has 3 N–H and O–H groups in total. The van der Waals surface area contributed by atoms with Crippen LogP contribution in [0.25, 0.3) is 11.0 Å². The van der Waals surface area contributed by atoms with E-state index in [4.69, 9.17) is 10.2 Å². The molecule has 0 atom stereocenters. The largest absolute Gasteiger partial charge is 0.451 e. The van der Waals surface area contributed by atoms with Crippen molar-refractivity contribution in [2.75, 3.05) is 11.1 Å². The quantitative estimate of drug-likeness (QED) is 0.700. The predicted molar refractivity (Wildman–Crippen MR) is 84.5 cm³/mol. The molecule has 21 heavy (non-hydrogen) atoms. The number of benzene rings is 2. The Kier molecular flexibility index (Phi) is 3.14. The van der Waals surface area contributed by atoms with Crippen LogP contribution in [-0.4, -0.2) is 5.91 Å². The van der Waals surface area contributed by atoms with Crippen molar-refractivity contribution < 1.29 is 9.21 Å². The van der Waals surface area contributed by atoms with Crippen LogP contribution in [0.15, 0.2) is 46.9 Å². The molecule has 0 aliphatic heterocycles. The zero-order valence-corrected chi connectivity index (χ0v) is 11.9. The van der Waals surface area contributed by atoms with Gasteiger partial charge in [0, 0.05) is 5.39 Å². The molecule has 1 amide bonds. The molecule has 0 radical (unpaired) electrons. The molecule has 3 aromatic rings. The van der Waals surface area contributed by atoms with E-state index in [0.717, 1.165) is 16.5 Å². The zero-order chi connectivity index (χ0) is 15.0. The van der Waals surface area contributed by atoms with Crippen molar-refractivity contribution in [3.05, 3.63) is 59.4 Å². The summed E-state index contributed by atoms with van der Waals surface area (Å²) in [6, 6.07) is 13.1. The lowest BCUT2D eigenvalue weighted by Crippen LogP contribution is -2.12. The first-order chi connectivity index (χ1) is 10.0. The van der Waals surface area contributed by atoms with Gasteiger partial charge in [-0.15, -0.1) is 0 Å². The van der Waals surface area contributed by atoms with E-state index in [1.165, 1.54) is 0 Å². The van der Waals surface area contributed by atoms with Crippen molar-refractivity contribution in [3.8, 4) is 0 Å². The number of hydrogen-bond acceptors (Lipinski definition) is 3. The van der Waals surface area contributed by atoms with Crippen LogP contribution in [0.3, 0.4) is 0 Å². The highest BCUT2D eigenvalue weighted by Gasteiger charge is 2.13. The number of carbonyl (C=O) groups excluding carboxylic acids is 1. The summed E-state index contributed by atoms with van der Waals surface area (Å²) in [6.45, 7) is 3.93. The van der Waals surface area contributed by atoms with Gasteiger partial charge in [0.25, 0.3) is 5.91 Å². The van der Waals surface area contributed by atoms with Gasteiger partial charge < -0.3 is 15.5 Å². The monoisotopic (exact) mass is 280 g/mol. The van der Waals surface area contributed by atoms with E-state index < -0.39 is 0 Å². The van der Waals surface area contributed by atoms with E-state index in [-0.39, 0.29) is 11.7 Å². The van der Waals surface area contributed by atoms with E-state index in [1.54, 1.807) is 12.1 Å². The third-order valence-corrected chi connectivity index (χ3v) is 3.35. The molecule has 1 heterocycles. The van der Waals surface area contributed by atoms with Gasteiger partial charge >= 0.3 is 0 Å². The van der Waals surface area contributed by atoms with Gasteiger partial charge in [-0.25, -0.2) is 0 Å². The second-order valence-corrected chi connectivity index (χ2v) is 5.20. The van der Waals surface area contributed by atoms with Crippen LogP contribution in [0.1, 0.15) is 21.7 Å². The minimum atomic E-state index is -0.306. The molecular weight excluding hydrogens is 264 g/mol.